The molecule has 1 N–H and O–H groups in total. The molecule has 0 fully saturated rings. The van der Waals surface area contributed by atoms with Gasteiger partial charge in [0.25, 0.3) is 5.91 Å². The van der Waals surface area contributed by atoms with Crippen molar-refractivity contribution in [1.82, 2.24) is 20.2 Å². The molecule has 9 heteroatoms. The van der Waals surface area contributed by atoms with Crippen molar-refractivity contribution in [3.05, 3.63) is 93.4 Å². The fraction of sp³-hybridized carbons (Fsp3) is 0.0833. The molecule has 6 nitrogen and oxygen atoms in total. The first-order valence-electron chi connectivity index (χ1n) is 9.98. The number of halogens is 2. The highest BCUT2D eigenvalue weighted by Crippen LogP contribution is 2.28. The van der Waals surface area contributed by atoms with Crippen molar-refractivity contribution in [3.63, 3.8) is 0 Å². The van der Waals surface area contributed by atoms with E-state index in [9.17, 15) is 4.79 Å². The van der Waals surface area contributed by atoms with Crippen LogP contribution in [-0.2, 0) is 4.79 Å². The molecule has 1 aromatic heterocycles. The van der Waals surface area contributed by atoms with Crippen LogP contribution in [0, 0.1) is 6.92 Å². The molecule has 0 aliphatic rings. The molecule has 0 saturated carbocycles. The van der Waals surface area contributed by atoms with Gasteiger partial charge in [0.15, 0.2) is 11.0 Å². The second-order valence-electron chi connectivity index (χ2n) is 7.12. The first kappa shape index (κ1) is 23.2. The quantitative estimate of drug-likeness (QED) is 0.180. The third-order valence-electron chi connectivity index (χ3n) is 4.61. The third kappa shape index (κ3) is 6.10. The molecule has 1 heterocycles. The van der Waals surface area contributed by atoms with Gasteiger partial charge in [-0.2, -0.15) is 5.10 Å². The number of nitrogens with zero attached hydrogens (tertiary/aromatic N) is 4. The van der Waals surface area contributed by atoms with Crippen molar-refractivity contribution in [1.29, 1.82) is 0 Å². The summed E-state index contributed by atoms with van der Waals surface area (Å²) in [6, 6.07) is 23.1. The van der Waals surface area contributed by atoms with E-state index in [2.05, 4.69) is 36.7 Å². The standard InChI is InChI=1S/C24H19BrClN5OS/c1-16-5-7-18(8-6-16)23-29-30-24(31(23)21-11-9-20(26)10-12-21)33-15-22(32)28-27-14-17-3-2-4-19(25)13-17/h2-14H,15H2,1H3,(H,28,32). The summed E-state index contributed by atoms with van der Waals surface area (Å²) < 4.78 is 2.86. The number of carbonyl (C=O) groups excluding carboxylic acids is 1. The summed E-state index contributed by atoms with van der Waals surface area (Å²) in [6.07, 6.45) is 1.60. The van der Waals surface area contributed by atoms with Crippen molar-refractivity contribution in [2.45, 2.75) is 12.1 Å². The van der Waals surface area contributed by atoms with E-state index in [0.717, 1.165) is 26.9 Å². The van der Waals surface area contributed by atoms with Gasteiger partial charge in [0.2, 0.25) is 0 Å². The number of rotatable bonds is 7. The summed E-state index contributed by atoms with van der Waals surface area (Å²) in [5.74, 6) is 0.580. The molecule has 33 heavy (non-hydrogen) atoms. The van der Waals surface area contributed by atoms with E-state index in [1.54, 1.807) is 6.21 Å². The minimum atomic E-state index is -0.242. The summed E-state index contributed by atoms with van der Waals surface area (Å²) in [6.45, 7) is 2.03. The Bertz CT molecular complexity index is 1290. The molecule has 3 aromatic carbocycles. The van der Waals surface area contributed by atoms with Gasteiger partial charge in [-0.1, -0.05) is 81.3 Å². The van der Waals surface area contributed by atoms with Gasteiger partial charge in [-0.05, 0) is 48.9 Å². The van der Waals surface area contributed by atoms with Crippen molar-refractivity contribution < 1.29 is 4.79 Å². The molecule has 0 radical (unpaired) electrons. The number of aromatic nitrogens is 3. The number of hydrogen-bond donors (Lipinski definition) is 1. The molecule has 0 atom stereocenters. The zero-order chi connectivity index (χ0) is 23.2. The van der Waals surface area contributed by atoms with Gasteiger partial charge in [0, 0.05) is 20.7 Å². The lowest BCUT2D eigenvalue weighted by atomic mass is 10.1. The molecule has 166 valence electrons. The molecule has 4 rings (SSSR count). The lowest BCUT2D eigenvalue weighted by Gasteiger charge is -2.10. The fourth-order valence-corrected chi connectivity index (χ4v) is 4.29. The highest BCUT2D eigenvalue weighted by atomic mass is 79.9. The predicted octanol–water partition coefficient (Wildman–Crippen LogP) is 5.90. The van der Waals surface area contributed by atoms with Crippen molar-refractivity contribution in [3.8, 4) is 17.1 Å². The summed E-state index contributed by atoms with van der Waals surface area (Å²) >= 11 is 10.8. The summed E-state index contributed by atoms with van der Waals surface area (Å²) in [5.41, 5.74) is 6.37. The number of hydrazone groups is 1. The SMILES string of the molecule is Cc1ccc(-c2nnc(SCC(=O)NN=Cc3cccc(Br)c3)n2-c2ccc(Cl)cc2)cc1. The van der Waals surface area contributed by atoms with Crippen LogP contribution in [0.2, 0.25) is 5.02 Å². The molecule has 4 aromatic rings. The number of amides is 1. The fourth-order valence-electron chi connectivity index (χ4n) is 3.00. The Labute approximate surface area is 209 Å². The molecule has 0 bridgehead atoms. The smallest absolute Gasteiger partial charge is 0.250 e. The average Bonchev–Trinajstić information content (AvgIpc) is 3.23. The molecule has 0 spiro atoms. The Hall–Kier alpha value is -2.94. The number of nitrogens with one attached hydrogen (secondary N) is 1. The third-order valence-corrected chi connectivity index (χ3v) is 6.29. The minimum absolute atomic E-state index is 0.134. The van der Waals surface area contributed by atoms with Crippen LogP contribution in [0.25, 0.3) is 17.1 Å². The van der Waals surface area contributed by atoms with Gasteiger partial charge in [0.1, 0.15) is 0 Å². The number of thioether (sulfide) groups is 1. The van der Waals surface area contributed by atoms with Gasteiger partial charge in [0.05, 0.1) is 12.0 Å². The average molecular weight is 541 g/mol. The van der Waals surface area contributed by atoms with Crippen LogP contribution in [0.3, 0.4) is 0 Å². The Morgan fingerprint density at radius 1 is 1.12 bits per heavy atom. The Kier molecular flexibility index (Phi) is 7.59. The predicted molar refractivity (Wildman–Crippen MR) is 137 cm³/mol. The van der Waals surface area contributed by atoms with E-state index in [4.69, 9.17) is 11.6 Å². The molecule has 1 amide bonds. The van der Waals surface area contributed by atoms with E-state index in [1.807, 2.05) is 84.3 Å². The minimum Gasteiger partial charge on any atom is -0.272 e. The van der Waals surface area contributed by atoms with Crippen molar-refractivity contribution in [2.75, 3.05) is 5.75 Å². The van der Waals surface area contributed by atoms with Crippen LogP contribution in [-0.4, -0.2) is 32.6 Å². The van der Waals surface area contributed by atoms with Gasteiger partial charge in [-0.25, -0.2) is 5.43 Å². The largest absolute Gasteiger partial charge is 0.272 e. The molecular formula is C24H19BrClN5OS. The second-order valence-corrected chi connectivity index (χ2v) is 9.42. The first-order valence-corrected chi connectivity index (χ1v) is 12.1. The highest BCUT2D eigenvalue weighted by Gasteiger charge is 2.17. The van der Waals surface area contributed by atoms with Crippen LogP contribution in [0.1, 0.15) is 11.1 Å². The van der Waals surface area contributed by atoms with Crippen molar-refractivity contribution >= 4 is 51.4 Å². The maximum absolute atomic E-state index is 12.4. The first-order chi connectivity index (χ1) is 16.0. The van der Waals surface area contributed by atoms with E-state index in [0.29, 0.717) is 16.0 Å². The molecule has 0 aliphatic carbocycles. The van der Waals surface area contributed by atoms with E-state index < -0.39 is 0 Å². The molecular weight excluding hydrogens is 522 g/mol. The van der Waals surface area contributed by atoms with Gasteiger partial charge < -0.3 is 0 Å². The van der Waals surface area contributed by atoms with E-state index in [-0.39, 0.29) is 11.7 Å². The maximum atomic E-state index is 12.4. The monoisotopic (exact) mass is 539 g/mol. The zero-order valence-corrected chi connectivity index (χ0v) is 20.7. The molecule has 0 aliphatic heterocycles. The molecule has 0 saturated heterocycles. The van der Waals surface area contributed by atoms with Gasteiger partial charge in [-0.3, -0.25) is 9.36 Å². The number of hydrogen-bond acceptors (Lipinski definition) is 5. The Morgan fingerprint density at radius 2 is 1.88 bits per heavy atom. The summed E-state index contributed by atoms with van der Waals surface area (Å²) in [7, 11) is 0. The topological polar surface area (TPSA) is 72.2 Å². The van der Waals surface area contributed by atoms with E-state index in [1.165, 1.54) is 11.8 Å². The number of aryl methyl sites for hydroxylation is 1. The van der Waals surface area contributed by atoms with Crippen LogP contribution >= 0.6 is 39.3 Å². The van der Waals surface area contributed by atoms with Gasteiger partial charge in [-0.15, -0.1) is 10.2 Å². The van der Waals surface area contributed by atoms with Crippen LogP contribution in [0.15, 0.2) is 87.5 Å². The summed E-state index contributed by atoms with van der Waals surface area (Å²) in [5, 5.41) is 14.0. The van der Waals surface area contributed by atoms with Crippen LogP contribution < -0.4 is 5.43 Å². The normalized spacial score (nSPS) is 11.1. The highest BCUT2D eigenvalue weighted by molar-refractivity contribution is 9.10. The van der Waals surface area contributed by atoms with Gasteiger partial charge >= 0.3 is 0 Å². The molecule has 0 unspecified atom stereocenters. The number of carbonyl (C=O) groups is 1. The lowest BCUT2D eigenvalue weighted by molar-refractivity contribution is -0.118. The Morgan fingerprint density at radius 3 is 2.61 bits per heavy atom. The van der Waals surface area contributed by atoms with Crippen LogP contribution in [0.4, 0.5) is 0 Å². The summed E-state index contributed by atoms with van der Waals surface area (Å²) in [4.78, 5) is 12.4. The maximum Gasteiger partial charge on any atom is 0.250 e. The lowest BCUT2D eigenvalue weighted by Crippen LogP contribution is -2.20. The van der Waals surface area contributed by atoms with Crippen LogP contribution in [0.5, 0.6) is 0 Å². The second kappa shape index (κ2) is 10.8. The van der Waals surface area contributed by atoms with Crippen molar-refractivity contribution in [2.24, 2.45) is 5.10 Å². The zero-order valence-electron chi connectivity index (χ0n) is 17.6. The number of benzene rings is 3. The Balaban J connectivity index is 1.51. The van der Waals surface area contributed by atoms with E-state index >= 15 is 0 Å².